The van der Waals surface area contributed by atoms with Crippen LogP contribution < -0.4 is 4.90 Å². The largest absolute Gasteiger partial charge is 0.394 e. The van der Waals surface area contributed by atoms with Gasteiger partial charge in [-0.3, -0.25) is 4.68 Å². The summed E-state index contributed by atoms with van der Waals surface area (Å²) in [6.07, 6.45) is 6.39. The first-order valence-electron chi connectivity index (χ1n) is 9.29. The number of rotatable bonds is 5. The Kier molecular flexibility index (Phi) is 5.03. The zero-order chi connectivity index (χ0) is 19.7. The highest BCUT2D eigenvalue weighted by atomic mass is 32.2. The number of aromatic nitrogens is 4. The van der Waals surface area contributed by atoms with E-state index in [1.54, 1.807) is 24.4 Å². The predicted molar refractivity (Wildman–Crippen MR) is 106 cm³/mol. The Bertz CT molecular complexity index is 1090. The molecule has 2 aromatic heterocycles. The molecule has 3 heterocycles. The fourth-order valence-corrected chi connectivity index (χ4v) is 4.51. The van der Waals surface area contributed by atoms with Crippen molar-refractivity contribution in [2.75, 3.05) is 30.9 Å². The molecule has 1 aromatic carbocycles. The van der Waals surface area contributed by atoms with Crippen LogP contribution in [0.1, 0.15) is 24.5 Å². The van der Waals surface area contributed by atoms with Crippen LogP contribution in [-0.4, -0.2) is 59.2 Å². The van der Waals surface area contributed by atoms with E-state index in [1.807, 2.05) is 10.7 Å². The summed E-state index contributed by atoms with van der Waals surface area (Å²) in [4.78, 5) is 11.2. The number of fused-ring (bicyclic) bond motifs is 1. The van der Waals surface area contributed by atoms with E-state index in [-0.39, 0.29) is 11.5 Å². The maximum atomic E-state index is 11.9. The summed E-state index contributed by atoms with van der Waals surface area (Å²) < 4.78 is 25.8. The molecule has 0 bridgehead atoms. The van der Waals surface area contributed by atoms with Gasteiger partial charge in [0.2, 0.25) is 0 Å². The Morgan fingerprint density at radius 2 is 1.96 bits per heavy atom. The SMILES string of the molecule is CS(=O)(=O)c1ccc2ncnc(N3CCC(c4ccnn4CCO)CC3)c2c1. The lowest BCUT2D eigenvalue weighted by Gasteiger charge is -2.33. The first-order valence-corrected chi connectivity index (χ1v) is 11.2. The molecule has 0 spiro atoms. The smallest absolute Gasteiger partial charge is 0.175 e. The van der Waals surface area contributed by atoms with E-state index in [0.717, 1.165) is 48.3 Å². The highest BCUT2D eigenvalue weighted by Crippen LogP contribution is 2.32. The van der Waals surface area contributed by atoms with E-state index < -0.39 is 9.84 Å². The van der Waals surface area contributed by atoms with E-state index in [4.69, 9.17) is 0 Å². The highest BCUT2D eigenvalue weighted by Gasteiger charge is 2.25. The monoisotopic (exact) mass is 401 g/mol. The number of piperidine rings is 1. The normalized spacial score (nSPS) is 16.0. The van der Waals surface area contributed by atoms with Crippen molar-refractivity contribution in [2.24, 2.45) is 0 Å². The fraction of sp³-hybridized carbons (Fsp3) is 0.421. The molecule has 1 aliphatic rings. The quantitative estimate of drug-likeness (QED) is 0.693. The summed E-state index contributed by atoms with van der Waals surface area (Å²) in [7, 11) is -3.29. The van der Waals surface area contributed by atoms with Gasteiger partial charge < -0.3 is 10.0 Å². The minimum atomic E-state index is -3.29. The van der Waals surface area contributed by atoms with Crippen LogP contribution in [-0.2, 0) is 16.4 Å². The first-order chi connectivity index (χ1) is 13.5. The second kappa shape index (κ2) is 7.48. The number of hydrogen-bond acceptors (Lipinski definition) is 7. The van der Waals surface area contributed by atoms with E-state index in [0.29, 0.717) is 12.5 Å². The molecule has 1 fully saturated rings. The summed E-state index contributed by atoms with van der Waals surface area (Å²) in [5.41, 5.74) is 1.89. The highest BCUT2D eigenvalue weighted by molar-refractivity contribution is 7.90. The van der Waals surface area contributed by atoms with Crippen molar-refractivity contribution in [3.8, 4) is 0 Å². The molecule has 0 atom stereocenters. The van der Waals surface area contributed by atoms with Crippen LogP contribution in [0.3, 0.4) is 0 Å². The summed E-state index contributed by atoms with van der Waals surface area (Å²) in [5, 5.41) is 14.3. The molecule has 148 valence electrons. The van der Waals surface area contributed by atoms with Crippen LogP contribution in [0.4, 0.5) is 5.82 Å². The number of sulfone groups is 1. The van der Waals surface area contributed by atoms with Crippen molar-refractivity contribution in [3.05, 3.63) is 42.5 Å². The summed E-state index contributed by atoms with van der Waals surface area (Å²) in [6.45, 7) is 2.20. The average Bonchev–Trinajstić information content (AvgIpc) is 3.15. The van der Waals surface area contributed by atoms with Crippen LogP contribution in [0.15, 0.2) is 41.7 Å². The van der Waals surface area contributed by atoms with Crippen LogP contribution in [0.2, 0.25) is 0 Å². The third-order valence-electron chi connectivity index (χ3n) is 5.29. The van der Waals surface area contributed by atoms with E-state index in [2.05, 4.69) is 20.0 Å². The minimum absolute atomic E-state index is 0.0725. The molecule has 9 heteroatoms. The molecule has 0 amide bonds. The molecule has 1 saturated heterocycles. The number of anilines is 1. The number of hydrogen-bond donors (Lipinski definition) is 1. The third kappa shape index (κ3) is 3.59. The molecule has 1 aliphatic heterocycles. The van der Waals surface area contributed by atoms with Gasteiger partial charge in [-0.2, -0.15) is 5.10 Å². The summed E-state index contributed by atoms with van der Waals surface area (Å²) >= 11 is 0. The first kappa shape index (κ1) is 18.8. The zero-order valence-electron chi connectivity index (χ0n) is 15.7. The van der Waals surface area contributed by atoms with Gasteiger partial charge in [-0.15, -0.1) is 0 Å². The molecule has 1 N–H and O–H groups in total. The molecule has 28 heavy (non-hydrogen) atoms. The third-order valence-corrected chi connectivity index (χ3v) is 6.40. The lowest BCUT2D eigenvalue weighted by atomic mass is 9.93. The fourth-order valence-electron chi connectivity index (χ4n) is 3.86. The Labute approximate surface area is 163 Å². The van der Waals surface area contributed by atoms with Gasteiger partial charge in [0, 0.05) is 42.5 Å². The number of nitrogens with zero attached hydrogens (tertiary/aromatic N) is 5. The molecule has 8 nitrogen and oxygen atoms in total. The van der Waals surface area contributed by atoms with Crippen molar-refractivity contribution in [2.45, 2.75) is 30.2 Å². The predicted octanol–water partition coefficient (Wildman–Crippen LogP) is 1.61. The van der Waals surface area contributed by atoms with Gasteiger partial charge in [-0.25, -0.2) is 18.4 Å². The summed E-state index contributed by atoms with van der Waals surface area (Å²) in [6, 6.07) is 7.01. The van der Waals surface area contributed by atoms with Crippen molar-refractivity contribution in [1.82, 2.24) is 19.7 Å². The molecule has 0 aliphatic carbocycles. The molecular weight excluding hydrogens is 378 g/mol. The Morgan fingerprint density at radius 1 is 1.18 bits per heavy atom. The van der Waals surface area contributed by atoms with Gasteiger partial charge in [0.25, 0.3) is 0 Å². The van der Waals surface area contributed by atoms with Crippen LogP contribution in [0.25, 0.3) is 10.9 Å². The average molecular weight is 401 g/mol. The second-order valence-electron chi connectivity index (χ2n) is 7.11. The van der Waals surface area contributed by atoms with Gasteiger partial charge in [-0.05, 0) is 37.1 Å². The van der Waals surface area contributed by atoms with Crippen molar-refractivity contribution in [1.29, 1.82) is 0 Å². The Hall–Kier alpha value is -2.52. The Balaban J connectivity index is 1.59. The standard InChI is InChI=1S/C19H23N5O3S/c1-28(26,27)15-2-3-17-16(12-15)19(21-13-20-17)23-8-5-14(6-9-23)18-4-7-22-24(18)10-11-25/h2-4,7,12-14,25H,5-6,8-11H2,1H3. The van der Waals surface area contributed by atoms with E-state index in [1.165, 1.54) is 12.6 Å². The van der Waals surface area contributed by atoms with Gasteiger partial charge in [0.1, 0.15) is 12.1 Å². The number of aliphatic hydroxyl groups excluding tert-OH is 1. The van der Waals surface area contributed by atoms with E-state index >= 15 is 0 Å². The van der Waals surface area contributed by atoms with Crippen LogP contribution in [0.5, 0.6) is 0 Å². The van der Waals surface area contributed by atoms with Gasteiger partial charge in [-0.1, -0.05) is 0 Å². The number of aliphatic hydroxyl groups is 1. The van der Waals surface area contributed by atoms with Crippen molar-refractivity contribution >= 4 is 26.6 Å². The molecular formula is C19H23N5O3S. The zero-order valence-corrected chi connectivity index (χ0v) is 16.5. The van der Waals surface area contributed by atoms with Gasteiger partial charge in [0.15, 0.2) is 9.84 Å². The maximum absolute atomic E-state index is 11.9. The topological polar surface area (TPSA) is 101 Å². The molecule has 0 unspecified atom stereocenters. The summed E-state index contributed by atoms with van der Waals surface area (Å²) in [5.74, 6) is 1.16. The molecule has 4 rings (SSSR count). The van der Waals surface area contributed by atoms with Crippen molar-refractivity contribution < 1.29 is 13.5 Å². The van der Waals surface area contributed by atoms with Gasteiger partial charge >= 0.3 is 0 Å². The number of benzene rings is 1. The lowest BCUT2D eigenvalue weighted by Crippen LogP contribution is -2.34. The van der Waals surface area contributed by atoms with Gasteiger partial charge in [0.05, 0.1) is 23.6 Å². The second-order valence-corrected chi connectivity index (χ2v) is 9.13. The minimum Gasteiger partial charge on any atom is -0.394 e. The lowest BCUT2D eigenvalue weighted by molar-refractivity contribution is 0.265. The van der Waals surface area contributed by atoms with Crippen LogP contribution >= 0.6 is 0 Å². The molecule has 0 saturated carbocycles. The maximum Gasteiger partial charge on any atom is 0.175 e. The molecule has 3 aromatic rings. The van der Waals surface area contributed by atoms with Crippen molar-refractivity contribution in [3.63, 3.8) is 0 Å². The molecule has 0 radical (unpaired) electrons. The Morgan fingerprint density at radius 3 is 2.68 bits per heavy atom. The van der Waals surface area contributed by atoms with Crippen LogP contribution in [0, 0.1) is 0 Å². The van der Waals surface area contributed by atoms with E-state index in [9.17, 15) is 13.5 Å².